The van der Waals surface area contributed by atoms with Gasteiger partial charge < -0.3 is 25.6 Å². The third-order valence-corrected chi connectivity index (χ3v) is 11.3. The van der Waals surface area contributed by atoms with E-state index in [1.54, 1.807) is 12.1 Å². The molecule has 0 radical (unpaired) electrons. The molecule has 3 N–H and O–H groups in total. The quantitative estimate of drug-likeness (QED) is 0.139. The van der Waals surface area contributed by atoms with Crippen molar-refractivity contribution in [2.24, 2.45) is 5.73 Å². The van der Waals surface area contributed by atoms with Gasteiger partial charge in [-0.1, -0.05) is 50.2 Å². The maximum Gasteiger partial charge on any atom is 0.273 e. The molecule has 0 atom stereocenters. The van der Waals surface area contributed by atoms with Crippen LogP contribution in [0.15, 0.2) is 66.9 Å². The number of nitrogens with zero attached hydrogens (tertiary/aromatic N) is 7. The van der Waals surface area contributed by atoms with E-state index in [9.17, 15) is 9.59 Å². The molecule has 3 aromatic heterocycles. The number of aromatic nitrogens is 4. The van der Waals surface area contributed by atoms with E-state index in [2.05, 4.69) is 95.4 Å². The first-order chi connectivity index (χ1) is 27.2. The maximum atomic E-state index is 14.7. The van der Waals surface area contributed by atoms with Crippen molar-refractivity contribution >= 4 is 28.5 Å². The van der Waals surface area contributed by atoms with E-state index >= 15 is 0 Å². The Kier molecular flexibility index (Phi) is 12.4. The summed E-state index contributed by atoms with van der Waals surface area (Å²) in [5.41, 5.74) is 15.2. The lowest BCUT2D eigenvalue weighted by Crippen LogP contribution is -2.45. The summed E-state index contributed by atoms with van der Waals surface area (Å²) >= 11 is 0. The Bertz CT molecular complexity index is 2170. The lowest BCUT2D eigenvalue weighted by molar-refractivity contribution is 0.0723. The molecule has 2 fully saturated rings. The number of hydrogen-bond donors (Lipinski definition) is 2. The molecule has 56 heavy (non-hydrogen) atoms. The molecule has 0 unspecified atom stereocenters. The molecule has 0 spiro atoms. The number of pyridine rings is 2. The smallest absolute Gasteiger partial charge is 0.273 e. The number of anilines is 1. The van der Waals surface area contributed by atoms with E-state index in [4.69, 9.17) is 15.5 Å². The van der Waals surface area contributed by atoms with E-state index in [0.717, 1.165) is 102 Å². The lowest BCUT2D eigenvalue weighted by Gasteiger charge is -2.34. The Morgan fingerprint density at radius 1 is 0.875 bits per heavy atom. The van der Waals surface area contributed by atoms with Crippen LogP contribution in [-0.2, 0) is 37.3 Å². The van der Waals surface area contributed by atoms with Gasteiger partial charge in [0.05, 0.1) is 23.8 Å². The highest BCUT2D eigenvalue weighted by molar-refractivity contribution is 5.96. The Balaban J connectivity index is 1.25. The van der Waals surface area contributed by atoms with Gasteiger partial charge in [0.2, 0.25) is 0 Å². The molecule has 5 aromatic rings. The van der Waals surface area contributed by atoms with Crippen LogP contribution in [0.3, 0.4) is 0 Å². The van der Waals surface area contributed by atoms with Crippen LogP contribution in [0.2, 0.25) is 0 Å². The highest BCUT2D eigenvalue weighted by Gasteiger charge is 2.27. The number of piperazine rings is 1. The van der Waals surface area contributed by atoms with Gasteiger partial charge in [-0.25, -0.2) is 14.6 Å². The second-order valence-corrected chi connectivity index (χ2v) is 15.0. The Labute approximate surface area is 330 Å². The fraction of sp³-hybridized carbons (Fsp3) is 0.432. The first-order valence-electron chi connectivity index (χ1n) is 20.2. The number of nitrogens with two attached hydrogens (primary N) is 1. The van der Waals surface area contributed by atoms with Gasteiger partial charge in [-0.15, -0.1) is 0 Å². The van der Waals surface area contributed by atoms with Crippen LogP contribution in [0, 0.1) is 6.92 Å². The molecular weight excluding hydrogens is 703 g/mol. The molecule has 0 aliphatic carbocycles. The van der Waals surface area contributed by atoms with Crippen molar-refractivity contribution in [2.45, 2.75) is 79.2 Å². The highest BCUT2D eigenvalue weighted by Crippen LogP contribution is 2.34. The number of ether oxygens (including phenoxy) is 1. The summed E-state index contributed by atoms with van der Waals surface area (Å²) in [5, 5.41) is 9.47. The molecule has 0 saturated carbocycles. The molecule has 294 valence electrons. The summed E-state index contributed by atoms with van der Waals surface area (Å²) in [6.45, 7) is 17.5. The topological polar surface area (TPSA) is 135 Å². The van der Waals surface area contributed by atoms with Crippen molar-refractivity contribution in [1.82, 2.24) is 34.4 Å². The Morgan fingerprint density at radius 2 is 1.62 bits per heavy atom. The van der Waals surface area contributed by atoms with Crippen molar-refractivity contribution in [1.29, 1.82) is 0 Å². The number of primary amides is 1. The maximum absolute atomic E-state index is 14.7. The zero-order chi connectivity index (χ0) is 39.2. The molecule has 12 heteroatoms. The van der Waals surface area contributed by atoms with Crippen LogP contribution in [0.4, 0.5) is 5.69 Å². The number of hydrogen-bond acceptors (Lipinski definition) is 9. The number of amides is 2. The summed E-state index contributed by atoms with van der Waals surface area (Å²) in [7, 11) is 0. The van der Waals surface area contributed by atoms with Crippen molar-refractivity contribution in [2.75, 3.05) is 51.3 Å². The number of carbonyl (C=O) groups is 2. The van der Waals surface area contributed by atoms with Crippen LogP contribution in [0.5, 0.6) is 0 Å². The van der Waals surface area contributed by atoms with Crippen molar-refractivity contribution in [3.8, 4) is 11.1 Å². The number of fused-ring (bicyclic) bond motifs is 1. The van der Waals surface area contributed by atoms with Gasteiger partial charge in [0.15, 0.2) is 5.65 Å². The summed E-state index contributed by atoms with van der Waals surface area (Å²) in [5.74, 6) is -0.984. The highest BCUT2D eigenvalue weighted by atomic mass is 16.5. The van der Waals surface area contributed by atoms with Gasteiger partial charge in [-0.2, -0.15) is 5.10 Å². The van der Waals surface area contributed by atoms with Crippen molar-refractivity contribution < 1.29 is 14.3 Å². The first kappa shape index (κ1) is 39.1. The van der Waals surface area contributed by atoms with Gasteiger partial charge in [-0.3, -0.25) is 14.5 Å². The summed E-state index contributed by atoms with van der Waals surface area (Å²) in [6, 6.07) is 20.3. The van der Waals surface area contributed by atoms with E-state index in [1.165, 1.54) is 11.6 Å². The second-order valence-electron chi connectivity index (χ2n) is 15.0. The molecule has 2 aromatic carbocycles. The summed E-state index contributed by atoms with van der Waals surface area (Å²) in [4.78, 5) is 43.2. The van der Waals surface area contributed by atoms with E-state index in [0.29, 0.717) is 32.7 Å². The van der Waals surface area contributed by atoms with Gasteiger partial charge >= 0.3 is 0 Å². The second kappa shape index (κ2) is 17.7. The summed E-state index contributed by atoms with van der Waals surface area (Å²) in [6.07, 6.45) is 4.30. The summed E-state index contributed by atoms with van der Waals surface area (Å²) < 4.78 is 7.61. The molecular formula is C44H55N9O3. The SMILES string of the molecule is CCc1nc2c(cnn2CC)c(NC2CCOCC2)c1CN(Cc1ccc(C)c(-c2cccc(CN3CCN(CC)CC3)c2)c1)C(=O)c1cccc(C(N)=O)n1. The minimum atomic E-state index is -0.682. The van der Waals surface area contributed by atoms with Crippen LogP contribution in [0.25, 0.3) is 22.2 Å². The zero-order valence-electron chi connectivity index (χ0n) is 33.3. The zero-order valence-corrected chi connectivity index (χ0v) is 33.3. The van der Waals surface area contributed by atoms with Crippen LogP contribution >= 0.6 is 0 Å². The Hall–Kier alpha value is -5.17. The number of carbonyl (C=O) groups excluding carboxylic acids is 2. The molecule has 7 rings (SSSR count). The van der Waals surface area contributed by atoms with E-state index < -0.39 is 5.91 Å². The number of likely N-dealkylation sites (N-methyl/N-ethyl adjacent to an activating group) is 1. The fourth-order valence-electron chi connectivity index (χ4n) is 7.98. The Morgan fingerprint density at radius 3 is 2.36 bits per heavy atom. The normalized spacial score (nSPS) is 15.6. The molecule has 5 heterocycles. The average Bonchev–Trinajstić information content (AvgIpc) is 3.65. The van der Waals surface area contributed by atoms with Gasteiger partial charge in [0, 0.05) is 76.3 Å². The molecule has 2 aliphatic heterocycles. The first-order valence-corrected chi connectivity index (χ1v) is 20.2. The molecule has 2 aliphatic rings. The van der Waals surface area contributed by atoms with Crippen LogP contribution in [0.1, 0.15) is 82.5 Å². The average molecular weight is 758 g/mol. The molecule has 0 bridgehead atoms. The number of benzene rings is 2. The largest absolute Gasteiger partial charge is 0.381 e. The van der Waals surface area contributed by atoms with Crippen molar-refractivity contribution in [3.63, 3.8) is 0 Å². The third kappa shape index (κ3) is 8.77. The van der Waals surface area contributed by atoms with Gasteiger partial charge in [0.1, 0.15) is 11.4 Å². The lowest BCUT2D eigenvalue weighted by atomic mass is 9.96. The van der Waals surface area contributed by atoms with Gasteiger partial charge in [0.25, 0.3) is 11.8 Å². The van der Waals surface area contributed by atoms with Crippen molar-refractivity contribution in [3.05, 3.63) is 106 Å². The minimum Gasteiger partial charge on any atom is -0.381 e. The van der Waals surface area contributed by atoms with E-state index in [1.807, 2.05) is 15.8 Å². The standard InChI is InChI=1S/C44H55N9O3/c1-5-38-37(41(47-34-16-22-56-23-17-34)36-26-46-53(7-3)43(36)49-38)29-52(44(55)40-13-9-12-39(48-40)42(45)54)28-32-15-14-30(4)35(25-32)33-11-8-10-31(24-33)27-51-20-18-50(6-2)19-21-51/h8-15,24-26,34H,5-7,16-23,27-29H2,1-4H3,(H2,45,54)(H,47,49). The predicted molar refractivity (Wildman–Crippen MR) is 220 cm³/mol. The molecule has 2 amide bonds. The fourth-order valence-corrected chi connectivity index (χ4v) is 7.98. The number of rotatable bonds is 14. The van der Waals surface area contributed by atoms with E-state index in [-0.39, 0.29) is 29.9 Å². The minimum absolute atomic E-state index is 0.0479. The molecule has 2 saturated heterocycles. The third-order valence-electron chi connectivity index (χ3n) is 11.3. The van der Waals surface area contributed by atoms with Gasteiger partial charge in [-0.05, 0) is 91.7 Å². The predicted octanol–water partition coefficient (Wildman–Crippen LogP) is 6.05. The number of aryl methyl sites for hydroxylation is 3. The van der Waals surface area contributed by atoms with Crippen LogP contribution < -0.4 is 11.1 Å². The molecule has 12 nitrogen and oxygen atoms in total. The monoisotopic (exact) mass is 757 g/mol. The van der Waals surface area contributed by atoms with Crippen LogP contribution in [-0.4, -0.2) is 98.2 Å². The number of nitrogens with one attached hydrogen (secondary N) is 1.